The molecule has 0 radical (unpaired) electrons. The average Bonchev–Trinajstić information content (AvgIpc) is 3.06. The van der Waals surface area contributed by atoms with Crippen LogP contribution >= 0.6 is 11.3 Å². The van der Waals surface area contributed by atoms with Crippen molar-refractivity contribution in [2.24, 2.45) is 11.7 Å². The highest BCUT2D eigenvalue weighted by Gasteiger charge is 2.35. The smallest absolute Gasteiger partial charge is 0.252 e. The van der Waals surface area contributed by atoms with Gasteiger partial charge in [0.15, 0.2) is 0 Å². The lowest BCUT2D eigenvalue weighted by Gasteiger charge is -2.14. The molecule has 0 spiro atoms. The molecule has 1 atom stereocenters. The lowest BCUT2D eigenvalue weighted by Crippen LogP contribution is -2.31. The first kappa shape index (κ1) is 15.9. The van der Waals surface area contributed by atoms with Crippen molar-refractivity contribution in [3.8, 4) is 0 Å². The fourth-order valence-corrected chi connectivity index (χ4v) is 5.06. The van der Waals surface area contributed by atoms with Gasteiger partial charge in [0.2, 0.25) is 11.8 Å². The number of amides is 2. The summed E-state index contributed by atoms with van der Waals surface area (Å²) in [6.07, 6.45) is 0.457. The van der Waals surface area contributed by atoms with Crippen molar-refractivity contribution >= 4 is 33.2 Å². The van der Waals surface area contributed by atoms with Crippen molar-refractivity contribution in [3.63, 3.8) is 0 Å². The van der Waals surface area contributed by atoms with Gasteiger partial charge in [0.05, 0.1) is 12.5 Å². The number of primary amides is 1. The molecule has 116 valence electrons. The van der Waals surface area contributed by atoms with Crippen LogP contribution in [0.25, 0.3) is 0 Å². The van der Waals surface area contributed by atoms with Gasteiger partial charge in [0, 0.05) is 24.9 Å². The van der Waals surface area contributed by atoms with E-state index in [0.29, 0.717) is 19.5 Å². The molecule has 2 amide bonds. The first-order valence-electron chi connectivity index (χ1n) is 6.43. The van der Waals surface area contributed by atoms with E-state index in [2.05, 4.69) is 5.32 Å². The van der Waals surface area contributed by atoms with Gasteiger partial charge in [-0.25, -0.2) is 8.42 Å². The number of carbonyl (C=O) groups excluding carboxylic acids is 2. The summed E-state index contributed by atoms with van der Waals surface area (Å²) < 4.78 is 26.4. The van der Waals surface area contributed by atoms with Crippen molar-refractivity contribution < 1.29 is 18.0 Å². The molecule has 0 aliphatic carbocycles. The molecule has 2 rings (SSSR count). The van der Waals surface area contributed by atoms with Crippen molar-refractivity contribution in [1.29, 1.82) is 0 Å². The summed E-state index contributed by atoms with van der Waals surface area (Å²) in [5, 5.41) is 2.62. The predicted octanol–water partition coefficient (Wildman–Crippen LogP) is -0.120. The number of hydrogen-bond acceptors (Lipinski definition) is 5. The zero-order chi connectivity index (χ0) is 15.6. The predicted molar refractivity (Wildman–Crippen MR) is 77.9 cm³/mol. The summed E-state index contributed by atoms with van der Waals surface area (Å²) in [6.45, 7) is 2.14. The Bertz CT molecular complexity index is 653. The van der Waals surface area contributed by atoms with Crippen LogP contribution in [0.15, 0.2) is 16.3 Å². The summed E-state index contributed by atoms with van der Waals surface area (Å²) in [7, 11) is -3.59. The highest BCUT2D eigenvalue weighted by atomic mass is 32.2. The number of sulfonamides is 1. The van der Waals surface area contributed by atoms with Gasteiger partial charge in [-0.05, 0) is 18.6 Å². The van der Waals surface area contributed by atoms with Gasteiger partial charge in [-0.3, -0.25) is 9.59 Å². The summed E-state index contributed by atoms with van der Waals surface area (Å²) in [5.74, 6) is -1.06. The fraction of sp³-hybridized carbons (Fsp3) is 0.500. The molecule has 0 unspecified atom stereocenters. The monoisotopic (exact) mass is 331 g/mol. The standard InChI is InChI=1S/C12H17N3O4S2/c1-8(16)14-6-10-2-3-11(20-10)21(18,19)15-5-4-9(7-15)12(13)17/h2-3,9H,4-7H2,1H3,(H2,13,17)(H,14,16)/t9-/m0/s1. The molecule has 9 heteroatoms. The van der Waals surface area contributed by atoms with E-state index in [4.69, 9.17) is 5.73 Å². The normalized spacial score (nSPS) is 19.6. The molecule has 1 saturated heterocycles. The van der Waals surface area contributed by atoms with E-state index in [-0.39, 0.29) is 16.7 Å². The Hall–Kier alpha value is -1.45. The molecule has 1 aliphatic rings. The zero-order valence-corrected chi connectivity index (χ0v) is 13.2. The maximum absolute atomic E-state index is 12.5. The van der Waals surface area contributed by atoms with Gasteiger partial charge in [-0.2, -0.15) is 4.31 Å². The van der Waals surface area contributed by atoms with Crippen LogP contribution in [-0.4, -0.2) is 37.6 Å². The van der Waals surface area contributed by atoms with Crippen LogP contribution in [0.1, 0.15) is 18.2 Å². The van der Waals surface area contributed by atoms with Crippen LogP contribution in [0.4, 0.5) is 0 Å². The zero-order valence-electron chi connectivity index (χ0n) is 11.5. The van der Waals surface area contributed by atoms with E-state index in [1.165, 1.54) is 17.3 Å². The van der Waals surface area contributed by atoms with Crippen LogP contribution < -0.4 is 11.1 Å². The molecular formula is C12H17N3O4S2. The molecule has 0 aromatic carbocycles. The minimum absolute atomic E-state index is 0.136. The SMILES string of the molecule is CC(=O)NCc1ccc(S(=O)(=O)N2CC[C@H](C(N)=O)C2)s1. The Balaban J connectivity index is 2.10. The quantitative estimate of drug-likeness (QED) is 0.784. The summed E-state index contributed by atoms with van der Waals surface area (Å²) in [6, 6.07) is 3.20. The maximum Gasteiger partial charge on any atom is 0.252 e. The first-order chi connectivity index (χ1) is 9.80. The van der Waals surface area contributed by atoms with Gasteiger partial charge in [0.25, 0.3) is 10.0 Å². The highest BCUT2D eigenvalue weighted by Crippen LogP contribution is 2.28. The number of hydrogen-bond donors (Lipinski definition) is 2. The largest absolute Gasteiger partial charge is 0.369 e. The van der Waals surface area contributed by atoms with Crippen LogP contribution in [-0.2, 0) is 26.2 Å². The minimum atomic E-state index is -3.59. The first-order valence-corrected chi connectivity index (χ1v) is 8.69. The van der Waals surface area contributed by atoms with Gasteiger partial charge in [0.1, 0.15) is 4.21 Å². The number of nitrogens with two attached hydrogens (primary N) is 1. The highest BCUT2D eigenvalue weighted by molar-refractivity contribution is 7.91. The van der Waals surface area contributed by atoms with Crippen LogP contribution in [0, 0.1) is 5.92 Å². The Morgan fingerprint density at radius 2 is 2.19 bits per heavy atom. The number of carbonyl (C=O) groups is 2. The van der Waals surface area contributed by atoms with Crippen molar-refractivity contribution in [2.75, 3.05) is 13.1 Å². The fourth-order valence-electron chi connectivity index (χ4n) is 2.11. The van der Waals surface area contributed by atoms with Gasteiger partial charge >= 0.3 is 0 Å². The van der Waals surface area contributed by atoms with E-state index in [1.807, 2.05) is 0 Å². The van der Waals surface area contributed by atoms with Crippen molar-refractivity contribution in [2.45, 2.75) is 24.1 Å². The summed E-state index contributed by atoms with van der Waals surface area (Å²) in [4.78, 5) is 22.7. The Morgan fingerprint density at radius 1 is 1.48 bits per heavy atom. The van der Waals surface area contributed by atoms with E-state index in [1.54, 1.807) is 6.07 Å². The molecule has 2 heterocycles. The molecule has 1 aromatic heterocycles. The summed E-state index contributed by atoms with van der Waals surface area (Å²) in [5.41, 5.74) is 5.22. The van der Waals surface area contributed by atoms with Crippen molar-refractivity contribution in [1.82, 2.24) is 9.62 Å². The molecule has 1 aromatic rings. The Kier molecular flexibility index (Phi) is 4.64. The lowest BCUT2D eigenvalue weighted by molar-refractivity contribution is -0.121. The molecule has 1 aliphatic heterocycles. The lowest BCUT2D eigenvalue weighted by atomic mass is 10.1. The second-order valence-electron chi connectivity index (χ2n) is 4.88. The Morgan fingerprint density at radius 3 is 2.76 bits per heavy atom. The van der Waals surface area contributed by atoms with E-state index < -0.39 is 21.8 Å². The molecule has 3 N–H and O–H groups in total. The third-order valence-electron chi connectivity index (χ3n) is 3.30. The maximum atomic E-state index is 12.5. The van der Waals surface area contributed by atoms with Gasteiger partial charge < -0.3 is 11.1 Å². The van der Waals surface area contributed by atoms with Crippen LogP contribution in [0.3, 0.4) is 0 Å². The number of nitrogens with zero attached hydrogens (tertiary/aromatic N) is 1. The number of rotatable bonds is 5. The molecule has 7 nitrogen and oxygen atoms in total. The minimum Gasteiger partial charge on any atom is -0.369 e. The van der Waals surface area contributed by atoms with Crippen LogP contribution in [0.5, 0.6) is 0 Å². The van der Waals surface area contributed by atoms with E-state index in [0.717, 1.165) is 16.2 Å². The molecule has 1 fully saturated rings. The molecule has 0 saturated carbocycles. The topological polar surface area (TPSA) is 110 Å². The van der Waals surface area contributed by atoms with E-state index in [9.17, 15) is 18.0 Å². The number of nitrogens with one attached hydrogen (secondary N) is 1. The van der Waals surface area contributed by atoms with Crippen molar-refractivity contribution in [3.05, 3.63) is 17.0 Å². The molecule has 0 bridgehead atoms. The molecule has 21 heavy (non-hydrogen) atoms. The van der Waals surface area contributed by atoms with Crippen LogP contribution in [0.2, 0.25) is 0 Å². The second-order valence-corrected chi connectivity index (χ2v) is 8.21. The van der Waals surface area contributed by atoms with Gasteiger partial charge in [-0.1, -0.05) is 0 Å². The third-order valence-corrected chi connectivity index (χ3v) is 6.71. The summed E-state index contributed by atoms with van der Waals surface area (Å²) >= 11 is 1.12. The molecular weight excluding hydrogens is 314 g/mol. The Labute approximate surface area is 127 Å². The van der Waals surface area contributed by atoms with E-state index >= 15 is 0 Å². The average molecular weight is 331 g/mol. The third kappa shape index (κ3) is 3.60. The second kappa shape index (κ2) is 6.12. The van der Waals surface area contributed by atoms with Gasteiger partial charge in [-0.15, -0.1) is 11.3 Å². The number of thiophene rings is 1.